The Balaban J connectivity index is 1.49. The van der Waals surface area contributed by atoms with E-state index in [4.69, 9.17) is 0 Å². The second kappa shape index (κ2) is 9.68. The van der Waals surface area contributed by atoms with Crippen molar-refractivity contribution in [3.63, 3.8) is 0 Å². The van der Waals surface area contributed by atoms with Crippen LogP contribution in [0.3, 0.4) is 0 Å². The Morgan fingerprint density at radius 1 is 0.938 bits per heavy atom. The lowest BCUT2D eigenvalue weighted by atomic mass is 10.1. The highest BCUT2D eigenvalue weighted by Crippen LogP contribution is 2.32. The molecule has 0 aliphatic carbocycles. The summed E-state index contributed by atoms with van der Waals surface area (Å²) in [5, 5.41) is 2.57. The Labute approximate surface area is 180 Å². The Morgan fingerprint density at radius 2 is 1.62 bits per heavy atom. The van der Waals surface area contributed by atoms with Gasteiger partial charge in [-0.05, 0) is 24.3 Å². The second-order valence-corrected chi connectivity index (χ2v) is 7.24. The molecule has 174 valence electrons. The highest BCUT2D eigenvalue weighted by Gasteiger charge is 2.32. The molecule has 1 fully saturated rings. The van der Waals surface area contributed by atoms with Gasteiger partial charge < -0.3 is 15.0 Å². The highest BCUT2D eigenvalue weighted by atomic mass is 19.4. The smallest absolute Gasteiger partial charge is 0.405 e. The molecule has 0 spiro atoms. The number of para-hydroxylation sites is 1. The number of hydrogen-bond acceptors (Lipinski definition) is 4. The number of anilines is 1. The second-order valence-electron chi connectivity index (χ2n) is 7.24. The lowest BCUT2D eigenvalue weighted by Crippen LogP contribution is -2.49. The van der Waals surface area contributed by atoms with E-state index in [1.54, 1.807) is 6.07 Å². The van der Waals surface area contributed by atoms with Crippen LogP contribution in [0.1, 0.15) is 11.1 Å². The molecule has 1 aliphatic heterocycles. The van der Waals surface area contributed by atoms with Gasteiger partial charge in [0.05, 0.1) is 12.1 Å². The molecule has 1 aliphatic rings. The van der Waals surface area contributed by atoms with Gasteiger partial charge in [0.25, 0.3) is 0 Å². The Morgan fingerprint density at radius 3 is 2.28 bits per heavy atom. The summed E-state index contributed by atoms with van der Waals surface area (Å²) < 4.78 is 80.1. The largest absolute Gasteiger partial charge is 0.573 e. The molecule has 0 aromatic heterocycles. The van der Waals surface area contributed by atoms with Crippen LogP contribution in [-0.4, -0.2) is 49.9 Å². The fraction of sp³-hybridized carbons (Fsp3) is 0.381. The van der Waals surface area contributed by atoms with Gasteiger partial charge in [-0.2, -0.15) is 13.2 Å². The van der Waals surface area contributed by atoms with Gasteiger partial charge in [-0.1, -0.05) is 24.3 Å². The van der Waals surface area contributed by atoms with Gasteiger partial charge in [-0.25, -0.2) is 0 Å². The molecular weight excluding hydrogens is 440 g/mol. The molecule has 2 aromatic carbocycles. The summed E-state index contributed by atoms with van der Waals surface area (Å²) >= 11 is 0. The topological polar surface area (TPSA) is 44.8 Å². The zero-order valence-corrected chi connectivity index (χ0v) is 16.8. The molecule has 3 rings (SSSR count). The lowest BCUT2D eigenvalue weighted by molar-refractivity contribution is -0.274. The summed E-state index contributed by atoms with van der Waals surface area (Å²) in [6.45, 7) is 1.69. The van der Waals surface area contributed by atoms with Gasteiger partial charge in [0.1, 0.15) is 5.75 Å². The predicted molar refractivity (Wildman–Crippen MR) is 105 cm³/mol. The molecule has 0 bridgehead atoms. The van der Waals surface area contributed by atoms with Crippen LogP contribution in [0, 0.1) is 0 Å². The van der Waals surface area contributed by atoms with Gasteiger partial charge in [0.2, 0.25) is 5.91 Å². The maximum absolute atomic E-state index is 12.9. The lowest BCUT2D eigenvalue weighted by Gasteiger charge is -2.36. The molecule has 0 atom stereocenters. The van der Waals surface area contributed by atoms with E-state index in [1.165, 1.54) is 30.3 Å². The molecule has 1 amide bonds. The van der Waals surface area contributed by atoms with Crippen LogP contribution < -0.4 is 15.0 Å². The van der Waals surface area contributed by atoms with Crippen molar-refractivity contribution < 1.29 is 35.9 Å². The molecule has 11 heteroatoms. The number of benzene rings is 2. The van der Waals surface area contributed by atoms with Crippen molar-refractivity contribution in [1.82, 2.24) is 10.2 Å². The van der Waals surface area contributed by atoms with Crippen molar-refractivity contribution in [3.8, 4) is 5.75 Å². The number of carbonyl (C=O) groups excluding carboxylic acids is 1. The minimum atomic E-state index is -4.83. The number of nitrogens with one attached hydrogen (secondary N) is 1. The number of ether oxygens (including phenoxy) is 1. The van der Waals surface area contributed by atoms with Gasteiger partial charge in [-0.15, -0.1) is 13.2 Å². The number of rotatable bonds is 6. The van der Waals surface area contributed by atoms with Crippen molar-refractivity contribution in [2.75, 3.05) is 37.6 Å². The number of hydrogen-bond donors (Lipinski definition) is 1. The highest BCUT2D eigenvalue weighted by molar-refractivity contribution is 5.78. The molecule has 1 saturated heterocycles. The Kier molecular flexibility index (Phi) is 7.17. The number of halogens is 6. The monoisotopic (exact) mass is 461 g/mol. The summed E-state index contributed by atoms with van der Waals surface area (Å²) in [7, 11) is 0. The first-order chi connectivity index (χ1) is 15.0. The average molecular weight is 461 g/mol. The number of piperazine rings is 1. The molecule has 0 unspecified atom stereocenters. The SMILES string of the molecule is O=C(CN1CCN(c2cccc(C(F)(F)F)c2)CC1)NCc1ccccc1OC(F)(F)F. The van der Waals surface area contributed by atoms with E-state index in [9.17, 15) is 31.1 Å². The van der Waals surface area contributed by atoms with Gasteiger partial charge in [0.15, 0.2) is 0 Å². The number of amides is 1. The summed E-state index contributed by atoms with van der Waals surface area (Å²) in [5.74, 6) is -0.755. The Bertz CT molecular complexity index is 924. The van der Waals surface area contributed by atoms with Gasteiger partial charge >= 0.3 is 12.5 Å². The van der Waals surface area contributed by atoms with Crippen LogP contribution >= 0.6 is 0 Å². The first-order valence-corrected chi connectivity index (χ1v) is 9.76. The van der Waals surface area contributed by atoms with Gasteiger partial charge in [-0.3, -0.25) is 9.69 Å². The van der Waals surface area contributed by atoms with Crippen molar-refractivity contribution >= 4 is 11.6 Å². The van der Waals surface area contributed by atoms with Crippen molar-refractivity contribution in [2.45, 2.75) is 19.1 Å². The zero-order chi connectivity index (χ0) is 23.4. The first kappa shape index (κ1) is 23.7. The molecule has 1 N–H and O–H groups in total. The molecule has 1 heterocycles. The van der Waals surface area contributed by atoms with Crippen LogP contribution in [0.25, 0.3) is 0 Å². The summed E-state index contributed by atoms with van der Waals surface area (Å²) in [5.41, 5.74) is -0.0654. The van der Waals surface area contributed by atoms with E-state index in [0.29, 0.717) is 31.9 Å². The summed E-state index contributed by atoms with van der Waals surface area (Å²) in [6.07, 6.45) is -9.25. The molecular formula is C21H21F6N3O2. The fourth-order valence-electron chi connectivity index (χ4n) is 3.37. The van der Waals surface area contributed by atoms with E-state index in [1.807, 2.05) is 9.80 Å². The van der Waals surface area contributed by atoms with E-state index in [0.717, 1.165) is 12.1 Å². The fourth-order valence-corrected chi connectivity index (χ4v) is 3.37. The number of nitrogens with zero attached hydrogens (tertiary/aromatic N) is 2. The maximum Gasteiger partial charge on any atom is 0.573 e. The summed E-state index contributed by atoms with van der Waals surface area (Å²) in [6, 6.07) is 10.6. The van der Waals surface area contributed by atoms with E-state index < -0.39 is 18.1 Å². The van der Waals surface area contributed by atoms with Crippen molar-refractivity contribution in [1.29, 1.82) is 0 Å². The number of carbonyl (C=O) groups is 1. The van der Waals surface area contributed by atoms with Gasteiger partial charge in [0, 0.05) is 44.0 Å². The number of alkyl halides is 6. The van der Waals surface area contributed by atoms with Crippen molar-refractivity contribution in [3.05, 3.63) is 59.7 Å². The van der Waals surface area contributed by atoms with E-state index in [-0.39, 0.29) is 30.3 Å². The standard InChI is InChI=1S/C21H21F6N3O2/c22-20(23,24)16-5-3-6-17(12-16)30-10-8-29(9-11-30)14-19(31)28-13-15-4-1-2-7-18(15)32-21(25,26)27/h1-7,12H,8-11,13-14H2,(H,28,31). The van der Waals surface area contributed by atoms with E-state index in [2.05, 4.69) is 10.1 Å². The van der Waals surface area contributed by atoms with Crippen LogP contribution in [0.15, 0.2) is 48.5 Å². The van der Waals surface area contributed by atoms with Crippen LogP contribution in [0.2, 0.25) is 0 Å². The molecule has 0 radical (unpaired) electrons. The molecule has 5 nitrogen and oxygen atoms in total. The maximum atomic E-state index is 12.9. The average Bonchev–Trinajstić information content (AvgIpc) is 2.72. The predicted octanol–water partition coefficient (Wildman–Crippen LogP) is 4.04. The van der Waals surface area contributed by atoms with Crippen LogP contribution in [0.4, 0.5) is 32.0 Å². The first-order valence-electron chi connectivity index (χ1n) is 9.76. The Hall–Kier alpha value is -2.95. The van der Waals surface area contributed by atoms with E-state index >= 15 is 0 Å². The third kappa shape index (κ3) is 6.78. The quantitative estimate of drug-likeness (QED) is 0.660. The third-order valence-electron chi connectivity index (χ3n) is 4.95. The molecule has 32 heavy (non-hydrogen) atoms. The van der Waals surface area contributed by atoms with Crippen LogP contribution in [0.5, 0.6) is 5.75 Å². The molecule has 0 saturated carbocycles. The minimum Gasteiger partial charge on any atom is -0.405 e. The molecule has 2 aromatic rings. The zero-order valence-electron chi connectivity index (χ0n) is 16.8. The summed E-state index contributed by atoms with van der Waals surface area (Å²) in [4.78, 5) is 15.9. The van der Waals surface area contributed by atoms with Crippen LogP contribution in [-0.2, 0) is 17.5 Å². The normalized spacial score (nSPS) is 15.5. The van der Waals surface area contributed by atoms with Crippen molar-refractivity contribution in [2.24, 2.45) is 0 Å². The third-order valence-corrected chi connectivity index (χ3v) is 4.95. The minimum absolute atomic E-state index is 0.0265.